The van der Waals surface area contributed by atoms with Crippen LogP contribution in [-0.2, 0) is 18.3 Å². The Bertz CT molecular complexity index is 846. The highest BCUT2D eigenvalue weighted by atomic mass is 35.5. The molecule has 0 unspecified atom stereocenters. The van der Waals surface area contributed by atoms with E-state index in [0.717, 1.165) is 30.5 Å². The molecule has 3 rings (SSSR count). The lowest BCUT2D eigenvalue weighted by molar-refractivity contribution is -0.144. The summed E-state index contributed by atoms with van der Waals surface area (Å²) in [5, 5.41) is 14.1. The lowest BCUT2D eigenvalue weighted by Crippen LogP contribution is -2.23. The Kier molecular flexibility index (Phi) is 5.34. The van der Waals surface area contributed by atoms with E-state index in [4.69, 9.17) is 37.8 Å². The van der Waals surface area contributed by atoms with Crippen LogP contribution in [0.2, 0.25) is 10.0 Å². The van der Waals surface area contributed by atoms with Gasteiger partial charge in [-0.15, -0.1) is 0 Å². The Morgan fingerprint density at radius 2 is 2.00 bits per heavy atom. The number of hydrogen-bond donors (Lipinski definition) is 1. The smallest absolute Gasteiger partial charge is 0.344 e. The highest BCUT2D eigenvalue weighted by Crippen LogP contribution is 2.45. The molecule has 0 bridgehead atoms. The lowest BCUT2D eigenvalue weighted by Gasteiger charge is -2.15. The third-order valence-electron chi connectivity index (χ3n) is 4.28. The second kappa shape index (κ2) is 7.37. The standard InChI is InChI=1S/C18H20Cl2N2O4/c1-4-11-16(10-5-6-10)21-22(3)17(11)26-15-8-14(12(19)7-13(15)20)25-9(2)18(23)24/h7-10H,4-6H2,1-3H3,(H,23,24)/t9-/m0/s1. The van der Waals surface area contributed by atoms with Crippen LogP contribution in [0.15, 0.2) is 12.1 Å². The minimum atomic E-state index is -1.09. The number of aromatic nitrogens is 2. The highest BCUT2D eigenvalue weighted by molar-refractivity contribution is 6.36. The van der Waals surface area contributed by atoms with Gasteiger partial charge < -0.3 is 14.6 Å². The number of aryl methyl sites for hydroxylation is 1. The molecule has 1 aliphatic carbocycles. The number of nitrogens with zero attached hydrogens (tertiary/aromatic N) is 2. The molecular weight excluding hydrogens is 379 g/mol. The van der Waals surface area contributed by atoms with E-state index in [1.165, 1.54) is 19.1 Å². The maximum absolute atomic E-state index is 11.0. The molecule has 1 saturated carbocycles. The van der Waals surface area contributed by atoms with Crippen LogP contribution in [0.3, 0.4) is 0 Å². The molecule has 1 atom stereocenters. The number of carboxylic acid groups (broad SMARTS) is 1. The molecule has 2 aromatic rings. The molecule has 1 aromatic heterocycles. The topological polar surface area (TPSA) is 73.6 Å². The minimum Gasteiger partial charge on any atom is -0.479 e. The van der Waals surface area contributed by atoms with Crippen LogP contribution < -0.4 is 9.47 Å². The van der Waals surface area contributed by atoms with Crippen molar-refractivity contribution < 1.29 is 19.4 Å². The van der Waals surface area contributed by atoms with Crippen LogP contribution in [0.1, 0.15) is 43.9 Å². The Labute approximate surface area is 161 Å². The van der Waals surface area contributed by atoms with E-state index in [1.807, 2.05) is 7.05 Å². The zero-order valence-corrected chi connectivity index (χ0v) is 16.3. The summed E-state index contributed by atoms with van der Waals surface area (Å²) in [6, 6.07) is 2.99. The van der Waals surface area contributed by atoms with Crippen molar-refractivity contribution in [2.24, 2.45) is 7.05 Å². The average Bonchev–Trinajstić information content (AvgIpc) is 3.37. The van der Waals surface area contributed by atoms with Crippen molar-refractivity contribution in [2.75, 3.05) is 0 Å². The van der Waals surface area contributed by atoms with Crippen LogP contribution in [0, 0.1) is 0 Å². The molecule has 1 aromatic carbocycles. The second-order valence-corrected chi connectivity index (χ2v) is 7.15. The van der Waals surface area contributed by atoms with Gasteiger partial charge in [0.2, 0.25) is 5.88 Å². The first-order valence-corrected chi connectivity index (χ1v) is 9.19. The van der Waals surface area contributed by atoms with Gasteiger partial charge >= 0.3 is 5.97 Å². The van der Waals surface area contributed by atoms with E-state index in [1.54, 1.807) is 4.68 Å². The number of halogens is 2. The minimum absolute atomic E-state index is 0.198. The first kappa shape index (κ1) is 18.9. The SMILES string of the molecule is CCc1c(C2CC2)nn(C)c1Oc1cc(O[C@@H](C)C(=O)O)c(Cl)cc1Cl. The van der Waals surface area contributed by atoms with Crippen molar-refractivity contribution in [3.05, 3.63) is 33.4 Å². The molecule has 140 valence electrons. The highest BCUT2D eigenvalue weighted by Gasteiger charge is 2.31. The molecular formula is C18H20Cl2N2O4. The molecule has 1 fully saturated rings. The monoisotopic (exact) mass is 398 g/mol. The second-order valence-electron chi connectivity index (χ2n) is 6.33. The number of ether oxygens (including phenoxy) is 2. The zero-order valence-electron chi connectivity index (χ0n) is 14.8. The summed E-state index contributed by atoms with van der Waals surface area (Å²) in [4.78, 5) is 11.0. The van der Waals surface area contributed by atoms with Gasteiger partial charge in [0.05, 0.1) is 15.7 Å². The van der Waals surface area contributed by atoms with Crippen molar-refractivity contribution in [2.45, 2.75) is 45.1 Å². The van der Waals surface area contributed by atoms with Gasteiger partial charge in [-0.2, -0.15) is 5.10 Å². The molecule has 0 spiro atoms. The fourth-order valence-corrected chi connectivity index (χ4v) is 3.21. The van der Waals surface area contributed by atoms with E-state index < -0.39 is 12.1 Å². The summed E-state index contributed by atoms with van der Waals surface area (Å²) in [5.41, 5.74) is 2.13. The summed E-state index contributed by atoms with van der Waals surface area (Å²) >= 11 is 12.4. The van der Waals surface area contributed by atoms with Crippen molar-refractivity contribution in [3.63, 3.8) is 0 Å². The van der Waals surface area contributed by atoms with Crippen LogP contribution in [0.25, 0.3) is 0 Å². The van der Waals surface area contributed by atoms with E-state index in [9.17, 15) is 4.79 Å². The Morgan fingerprint density at radius 1 is 1.35 bits per heavy atom. The van der Waals surface area contributed by atoms with Crippen LogP contribution in [0.4, 0.5) is 0 Å². The summed E-state index contributed by atoms with van der Waals surface area (Å²) in [6.45, 7) is 3.48. The zero-order chi connectivity index (χ0) is 19.0. The van der Waals surface area contributed by atoms with Crippen LogP contribution in [-0.4, -0.2) is 27.0 Å². The third kappa shape index (κ3) is 3.76. The van der Waals surface area contributed by atoms with Crippen molar-refractivity contribution in [1.29, 1.82) is 0 Å². The van der Waals surface area contributed by atoms with Gasteiger partial charge in [-0.05, 0) is 32.3 Å². The quantitative estimate of drug-likeness (QED) is 0.723. The molecule has 1 heterocycles. The normalized spacial score (nSPS) is 15.0. The van der Waals surface area contributed by atoms with Gasteiger partial charge in [-0.1, -0.05) is 30.1 Å². The predicted octanol–water partition coefficient (Wildman–Crippen LogP) is 4.81. The van der Waals surface area contributed by atoms with Crippen molar-refractivity contribution >= 4 is 29.2 Å². The number of rotatable bonds is 7. The maximum atomic E-state index is 11.0. The molecule has 0 radical (unpaired) electrons. The van der Waals surface area contributed by atoms with E-state index in [2.05, 4.69) is 12.0 Å². The molecule has 6 nitrogen and oxygen atoms in total. The molecule has 1 aliphatic rings. The molecule has 8 heteroatoms. The molecule has 26 heavy (non-hydrogen) atoms. The Balaban J connectivity index is 1.94. The lowest BCUT2D eigenvalue weighted by atomic mass is 10.1. The molecule has 1 N–H and O–H groups in total. The Morgan fingerprint density at radius 3 is 2.58 bits per heavy atom. The maximum Gasteiger partial charge on any atom is 0.344 e. The molecule has 0 saturated heterocycles. The summed E-state index contributed by atoms with van der Waals surface area (Å²) in [7, 11) is 1.83. The van der Waals surface area contributed by atoms with Crippen LogP contribution in [0.5, 0.6) is 17.4 Å². The first-order chi connectivity index (χ1) is 12.3. The number of aliphatic carboxylic acids is 1. The third-order valence-corrected chi connectivity index (χ3v) is 4.87. The van der Waals surface area contributed by atoms with Gasteiger partial charge in [0.25, 0.3) is 0 Å². The van der Waals surface area contributed by atoms with Gasteiger partial charge in [0.1, 0.15) is 5.75 Å². The molecule has 0 aliphatic heterocycles. The summed E-state index contributed by atoms with van der Waals surface area (Å²) in [5.74, 6) is 0.570. The number of hydrogen-bond acceptors (Lipinski definition) is 4. The Hall–Kier alpha value is -1.92. The number of benzene rings is 1. The van der Waals surface area contributed by atoms with Crippen molar-refractivity contribution in [1.82, 2.24) is 9.78 Å². The average molecular weight is 399 g/mol. The first-order valence-electron chi connectivity index (χ1n) is 8.43. The number of carboxylic acids is 1. The fourth-order valence-electron chi connectivity index (χ4n) is 2.74. The summed E-state index contributed by atoms with van der Waals surface area (Å²) < 4.78 is 13.1. The van der Waals surface area contributed by atoms with Gasteiger partial charge in [-0.3, -0.25) is 0 Å². The van der Waals surface area contributed by atoms with E-state index in [-0.39, 0.29) is 10.8 Å². The van der Waals surface area contributed by atoms with Gasteiger partial charge in [-0.25, -0.2) is 9.48 Å². The predicted molar refractivity (Wildman–Crippen MR) is 98.8 cm³/mol. The van der Waals surface area contributed by atoms with Crippen molar-refractivity contribution in [3.8, 4) is 17.4 Å². The van der Waals surface area contributed by atoms with E-state index in [0.29, 0.717) is 22.6 Å². The number of carbonyl (C=O) groups is 1. The largest absolute Gasteiger partial charge is 0.479 e. The van der Waals surface area contributed by atoms with Gasteiger partial charge in [0, 0.05) is 24.6 Å². The van der Waals surface area contributed by atoms with E-state index >= 15 is 0 Å². The summed E-state index contributed by atoms with van der Waals surface area (Å²) in [6.07, 6.45) is 2.04. The molecule has 0 amide bonds. The van der Waals surface area contributed by atoms with Gasteiger partial charge in [0.15, 0.2) is 11.9 Å². The van der Waals surface area contributed by atoms with Crippen LogP contribution >= 0.6 is 23.2 Å². The fraction of sp³-hybridized carbons (Fsp3) is 0.444.